The second kappa shape index (κ2) is 5.28. The van der Waals surface area contributed by atoms with Crippen LogP contribution in [-0.2, 0) is 9.47 Å². The Morgan fingerprint density at radius 1 is 1.27 bits per heavy atom. The fraction of sp³-hybridized carbons (Fsp3) is 1.00. The Morgan fingerprint density at radius 3 is 2.53 bits per heavy atom. The molecule has 3 heteroatoms. The third-order valence-electron chi connectivity index (χ3n) is 3.75. The van der Waals surface area contributed by atoms with Gasteiger partial charge in [0.15, 0.2) is 0 Å². The molecule has 2 rings (SSSR count). The molecule has 1 aliphatic heterocycles. The first-order chi connectivity index (χ1) is 7.36. The van der Waals surface area contributed by atoms with E-state index in [0.717, 1.165) is 19.1 Å². The highest BCUT2D eigenvalue weighted by Gasteiger charge is 2.39. The van der Waals surface area contributed by atoms with Crippen LogP contribution in [0.5, 0.6) is 0 Å². The van der Waals surface area contributed by atoms with Gasteiger partial charge in [0.25, 0.3) is 0 Å². The van der Waals surface area contributed by atoms with Crippen LogP contribution in [0.2, 0.25) is 0 Å². The lowest BCUT2D eigenvalue weighted by molar-refractivity contribution is -0.0151. The largest absolute Gasteiger partial charge is 0.381 e. The zero-order valence-electron chi connectivity index (χ0n) is 9.87. The molecular weight excluding hydrogens is 190 g/mol. The number of likely N-dealkylation sites (N-methyl/N-ethyl adjacent to an activating group) is 1. The molecule has 0 aromatic rings. The molecule has 1 saturated carbocycles. The van der Waals surface area contributed by atoms with Gasteiger partial charge in [-0.3, -0.25) is 0 Å². The van der Waals surface area contributed by atoms with Gasteiger partial charge in [0, 0.05) is 25.7 Å². The quantitative estimate of drug-likeness (QED) is 0.749. The molecule has 3 nitrogen and oxygen atoms in total. The fourth-order valence-corrected chi connectivity index (χ4v) is 2.77. The van der Waals surface area contributed by atoms with Gasteiger partial charge in [-0.2, -0.15) is 0 Å². The Hall–Kier alpha value is -0.120. The van der Waals surface area contributed by atoms with Crippen LogP contribution < -0.4 is 5.32 Å². The van der Waals surface area contributed by atoms with E-state index in [0.29, 0.717) is 18.1 Å². The summed E-state index contributed by atoms with van der Waals surface area (Å²) in [5.41, 5.74) is 0. The molecule has 1 aliphatic carbocycles. The number of rotatable bonds is 5. The summed E-state index contributed by atoms with van der Waals surface area (Å²) in [7, 11) is 3.89. The second-order valence-electron chi connectivity index (χ2n) is 4.83. The van der Waals surface area contributed by atoms with E-state index in [2.05, 4.69) is 5.32 Å². The van der Waals surface area contributed by atoms with Crippen LogP contribution >= 0.6 is 0 Å². The Bertz CT molecular complexity index is 188. The Morgan fingerprint density at radius 2 is 2.07 bits per heavy atom. The first-order valence-electron chi connectivity index (χ1n) is 6.14. The van der Waals surface area contributed by atoms with Crippen molar-refractivity contribution in [1.82, 2.24) is 5.32 Å². The molecule has 1 saturated heterocycles. The third-order valence-corrected chi connectivity index (χ3v) is 3.75. The molecule has 2 fully saturated rings. The summed E-state index contributed by atoms with van der Waals surface area (Å²) in [5.74, 6) is 1.42. The Balaban J connectivity index is 1.93. The summed E-state index contributed by atoms with van der Waals surface area (Å²) < 4.78 is 11.2. The smallest absolute Gasteiger partial charge is 0.0755 e. The predicted molar refractivity (Wildman–Crippen MR) is 59.9 cm³/mol. The summed E-state index contributed by atoms with van der Waals surface area (Å²) in [5, 5.41) is 3.44. The van der Waals surface area contributed by atoms with Crippen LogP contribution in [0, 0.1) is 11.8 Å². The van der Waals surface area contributed by atoms with E-state index >= 15 is 0 Å². The van der Waals surface area contributed by atoms with Crippen molar-refractivity contribution in [3.05, 3.63) is 0 Å². The van der Waals surface area contributed by atoms with Crippen molar-refractivity contribution in [2.75, 3.05) is 27.4 Å². The van der Waals surface area contributed by atoms with Crippen molar-refractivity contribution in [3.63, 3.8) is 0 Å². The van der Waals surface area contributed by atoms with E-state index in [1.165, 1.54) is 25.7 Å². The third kappa shape index (κ3) is 2.71. The molecule has 0 bridgehead atoms. The van der Waals surface area contributed by atoms with Crippen molar-refractivity contribution >= 4 is 0 Å². The lowest BCUT2D eigenvalue weighted by Crippen LogP contribution is -2.48. The van der Waals surface area contributed by atoms with Gasteiger partial charge >= 0.3 is 0 Å². The minimum atomic E-state index is 0.390. The van der Waals surface area contributed by atoms with E-state index in [-0.39, 0.29) is 0 Å². The maximum Gasteiger partial charge on any atom is 0.0755 e. The van der Waals surface area contributed by atoms with E-state index in [9.17, 15) is 0 Å². The van der Waals surface area contributed by atoms with Gasteiger partial charge < -0.3 is 14.8 Å². The van der Waals surface area contributed by atoms with Gasteiger partial charge in [-0.1, -0.05) is 0 Å². The second-order valence-corrected chi connectivity index (χ2v) is 4.83. The highest BCUT2D eigenvalue weighted by Crippen LogP contribution is 2.38. The van der Waals surface area contributed by atoms with Gasteiger partial charge in [-0.05, 0) is 38.6 Å². The number of methoxy groups -OCH3 is 1. The first-order valence-corrected chi connectivity index (χ1v) is 6.14. The van der Waals surface area contributed by atoms with Crippen LogP contribution in [0.25, 0.3) is 0 Å². The highest BCUT2D eigenvalue weighted by atomic mass is 16.5. The van der Waals surface area contributed by atoms with Crippen molar-refractivity contribution in [2.24, 2.45) is 11.8 Å². The summed E-state index contributed by atoms with van der Waals surface area (Å²) in [6.45, 7) is 1.84. The molecule has 0 spiro atoms. The first kappa shape index (κ1) is 11.4. The van der Waals surface area contributed by atoms with Crippen LogP contribution in [-0.4, -0.2) is 39.5 Å². The molecule has 3 atom stereocenters. The van der Waals surface area contributed by atoms with Gasteiger partial charge in [0.05, 0.1) is 12.7 Å². The molecule has 1 heterocycles. The molecule has 2 aliphatic rings. The summed E-state index contributed by atoms with van der Waals surface area (Å²) in [6, 6.07) is 0.475. The maximum absolute atomic E-state index is 5.66. The lowest BCUT2D eigenvalue weighted by atomic mass is 9.88. The van der Waals surface area contributed by atoms with Crippen LogP contribution in [0.4, 0.5) is 0 Å². The number of hydrogen-bond donors (Lipinski definition) is 1. The van der Waals surface area contributed by atoms with Gasteiger partial charge in [0.1, 0.15) is 0 Å². The SMILES string of the molecule is CNC(C1CCCOC1)C(OC)C1CC1. The summed E-state index contributed by atoms with van der Waals surface area (Å²) in [6.07, 6.45) is 5.54. The molecule has 1 N–H and O–H groups in total. The van der Waals surface area contributed by atoms with E-state index in [4.69, 9.17) is 9.47 Å². The lowest BCUT2D eigenvalue weighted by Gasteiger charge is -2.35. The zero-order valence-corrected chi connectivity index (χ0v) is 9.87. The predicted octanol–water partition coefficient (Wildman–Crippen LogP) is 1.43. The van der Waals surface area contributed by atoms with Crippen molar-refractivity contribution in [3.8, 4) is 0 Å². The zero-order chi connectivity index (χ0) is 10.7. The highest BCUT2D eigenvalue weighted by molar-refractivity contribution is 4.93. The fourth-order valence-electron chi connectivity index (χ4n) is 2.77. The average molecular weight is 213 g/mol. The minimum absolute atomic E-state index is 0.390. The van der Waals surface area contributed by atoms with Gasteiger partial charge in [-0.25, -0.2) is 0 Å². The molecule has 0 amide bonds. The minimum Gasteiger partial charge on any atom is -0.381 e. The van der Waals surface area contributed by atoms with Gasteiger partial charge in [0.2, 0.25) is 0 Å². The van der Waals surface area contributed by atoms with Crippen molar-refractivity contribution < 1.29 is 9.47 Å². The monoisotopic (exact) mass is 213 g/mol. The van der Waals surface area contributed by atoms with E-state index in [1.54, 1.807) is 0 Å². The standard InChI is InChI=1S/C12H23NO2/c1-13-11(10-4-3-7-15-8-10)12(14-2)9-5-6-9/h9-13H,3-8H2,1-2H3. The Labute approximate surface area is 92.5 Å². The maximum atomic E-state index is 5.66. The summed E-state index contributed by atoms with van der Waals surface area (Å²) >= 11 is 0. The number of ether oxygens (including phenoxy) is 2. The average Bonchev–Trinajstić information content (AvgIpc) is 3.11. The number of hydrogen-bond acceptors (Lipinski definition) is 3. The molecule has 0 aromatic carbocycles. The molecule has 15 heavy (non-hydrogen) atoms. The van der Waals surface area contributed by atoms with Crippen LogP contribution in [0.15, 0.2) is 0 Å². The molecule has 0 radical (unpaired) electrons. The topological polar surface area (TPSA) is 30.5 Å². The molecule has 0 aromatic heterocycles. The van der Waals surface area contributed by atoms with Crippen molar-refractivity contribution in [1.29, 1.82) is 0 Å². The summed E-state index contributed by atoms with van der Waals surface area (Å²) in [4.78, 5) is 0. The molecule has 88 valence electrons. The number of nitrogens with one attached hydrogen (secondary N) is 1. The molecular formula is C12H23NO2. The van der Waals surface area contributed by atoms with Gasteiger partial charge in [-0.15, -0.1) is 0 Å². The normalized spacial score (nSPS) is 31.2. The molecule has 3 unspecified atom stereocenters. The van der Waals surface area contributed by atoms with Crippen LogP contribution in [0.3, 0.4) is 0 Å². The van der Waals surface area contributed by atoms with Crippen molar-refractivity contribution in [2.45, 2.75) is 37.8 Å². The Kier molecular flexibility index (Phi) is 4.00. The van der Waals surface area contributed by atoms with E-state index in [1.807, 2.05) is 14.2 Å². The van der Waals surface area contributed by atoms with Crippen LogP contribution in [0.1, 0.15) is 25.7 Å². The van der Waals surface area contributed by atoms with E-state index < -0.39 is 0 Å².